The fraction of sp³-hybridized carbons (Fsp3) is 0.588. The molecule has 0 spiro atoms. The number of aliphatic carboxylic acids is 4. The van der Waals surface area contributed by atoms with Crippen LogP contribution in [0.5, 0.6) is 0 Å². The van der Waals surface area contributed by atoms with Gasteiger partial charge in [-0.3, -0.25) is 24.0 Å². The summed E-state index contributed by atoms with van der Waals surface area (Å²) in [5.41, 5.74) is 1.43. The van der Waals surface area contributed by atoms with E-state index in [1.54, 1.807) is 6.08 Å². The van der Waals surface area contributed by atoms with Crippen LogP contribution in [0.25, 0.3) is 0 Å². The Labute approximate surface area is 151 Å². The van der Waals surface area contributed by atoms with Gasteiger partial charge in [0.15, 0.2) is 17.6 Å². The Morgan fingerprint density at radius 2 is 1.15 bits per heavy atom. The van der Waals surface area contributed by atoms with Gasteiger partial charge >= 0.3 is 23.9 Å². The Balaban J connectivity index is 0. The first kappa shape index (κ1) is 25.5. The van der Waals surface area contributed by atoms with Crippen LogP contribution in [0.15, 0.2) is 11.6 Å². The molecule has 0 radical (unpaired) electrons. The summed E-state index contributed by atoms with van der Waals surface area (Å²) in [7, 11) is 0. The van der Waals surface area contributed by atoms with Crippen molar-refractivity contribution in [1.82, 2.24) is 0 Å². The zero-order valence-corrected chi connectivity index (χ0v) is 15.5. The van der Waals surface area contributed by atoms with E-state index in [4.69, 9.17) is 20.4 Å². The summed E-state index contributed by atoms with van der Waals surface area (Å²) in [6, 6.07) is 0. The minimum atomic E-state index is -1.31. The summed E-state index contributed by atoms with van der Waals surface area (Å²) in [6.07, 6.45) is 3.55. The van der Waals surface area contributed by atoms with Crippen molar-refractivity contribution in [2.45, 2.75) is 47.5 Å². The maximum atomic E-state index is 11.0. The lowest BCUT2D eigenvalue weighted by Gasteiger charge is -2.27. The fourth-order valence-corrected chi connectivity index (χ4v) is 1.88. The second-order valence-corrected chi connectivity index (χ2v) is 6.77. The lowest BCUT2D eigenvalue weighted by molar-refractivity contribution is -0.155. The van der Waals surface area contributed by atoms with E-state index in [9.17, 15) is 24.0 Å². The summed E-state index contributed by atoms with van der Waals surface area (Å²) in [5, 5.41) is 31.9. The molecule has 1 aliphatic carbocycles. The van der Waals surface area contributed by atoms with E-state index < -0.39 is 35.7 Å². The molecule has 1 rings (SSSR count). The van der Waals surface area contributed by atoms with Gasteiger partial charge in [0, 0.05) is 6.42 Å². The summed E-state index contributed by atoms with van der Waals surface area (Å²) < 4.78 is 0. The first-order valence-corrected chi connectivity index (χ1v) is 7.72. The van der Waals surface area contributed by atoms with Crippen molar-refractivity contribution in [2.75, 3.05) is 0 Å². The molecule has 4 N–H and O–H groups in total. The van der Waals surface area contributed by atoms with Gasteiger partial charge < -0.3 is 20.4 Å². The normalized spacial score (nSPS) is 15.0. The Morgan fingerprint density at radius 3 is 1.31 bits per heavy atom. The van der Waals surface area contributed by atoms with Gasteiger partial charge in [-0.05, 0) is 38.7 Å². The van der Waals surface area contributed by atoms with Gasteiger partial charge in [0.1, 0.15) is 0 Å². The van der Waals surface area contributed by atoms with E-state index in [0.717, 1.165) is 20.3 Å². The molecule has 0 aromatic rings. The lowest BCUT2D eigenvalue weighted by Crippen LogP contribution is -2.20. The molecule has 0 aliphatic heterocycles. The highest BCUT2D eigenvalue weighted by Gasteiger charge is 2.25. The number of carboxylic acid groups (broad SMARTS) is 4. The van der Waals surface area contributed by atoms with E-state index in [2.05, 4.69) is 13.8 Å². The Bertz CT molecular complexity index is 529. The topological polar surface area (TPSA) is 166 Å². The number of carbonyl (C=O) groups is 5. The number of rotatable bonds is 4. The van der Waals surface area contributed by atoms with Crippen molar-refractivity contribution < 1.29 is 44.4 Å². The molecule has 0 heterocycles. The van der Waals surface area contributed by atoms with Crippen LogP contribution in [0.1, 0.15) is 47.5 Å². The first-order valence-electron chi connectivity index (χ1n) is 7.72. The molecule has 0 atom stereocenters. The molecule has 0 amide bonds. The van der Waals surface area contributed by atoms with Gasteiger partial charge in [-0.2, -0.15) is 0 Å². The zero-order chi connectivity index (χ0) is 21.2. The van der Waals surface area contributed by atoms with Gasteiger partial charge in [-0.15, -0.1) is 0 Å². The molecule has 0 saturated heterocycles. The van der Waals surface area contributed by atoms with Crippen LogP contribution in [0.3, 0.4) is 0 Å². The van der Waals surface area contributed by atoms with Crippen LogP contribution in [0, 0.1) is 17.3 Å². The molecule has 9 nitrogen and oxygen atoms in total. The SMILES string of the molecule is CC(C(=O)O)C(=O)O.CC(C(=O)O)C(=O)O.CC1=CC(=O)CC(C)(C)C1. The standard InChI is InChI=1S/C9H14O.2C4H6O4/c1-7-4-8(10)6-9(2,3)5-7;2*1-2(3(5)6)4(7)8/h4H,5-6H2,1-3H3;2*2H,1H3,(H,5,6)(H,7,8). The minimum absolute atomic E-state index is 0.204. The molecular weight excluding hydrogens is 348 g/mol. The second-order valence-electron chi connectivity index (χ2n) is 6.77. The lowest BCUT2D eigenvalue weighted by atomic mass is 9.77. The monoisotopic (exact) mass is 374 g/mol. The van der Waals surface area contributed by atoms with Crippen molar-refractivity contribution in [2.24, 2.45) is 17.3 Å². The molecular formula is C17H26O9. The van der Waals surface area contributed by atoms with Crippen LogP contribution in [-0.2, 0) is 24.0 Å². The smallest absolute Gasteiger partial charge is 0.317 e. The fourth-order valence-electron chi connectivity index (χ4n) is 1.88. The van der Waals surface area contributed by atoms with E-state index >= 15 is 0 Å². The van der Waals surface area contributed by atoms with Crippen LogP contribution < -0.4 is 0 Å². The van der Waals surface area contributed by atoms with E-state index in [0.29, 0.717) is 6.42 Å². The summed E-state index contributed by atoms with van der Waals surface area (Å²) in [4.78, 5) is 50.1. The molecule has 26 heavy (non-hydrogen) atoms. The first-order chi connectivity index (χ1) is 11.6. The molecule has 0 fully saturated rings. The molecule has 1 aliphatic rings. The van der Waals surface area contributed by atoms with Gasteiger partial charge in [-0.1, -0.05) is 19.4 Å². The van der Waals surface area contributed by atoms with Crippen LogP contribution >= 0.6 is 0 Å². The Kier molecular flexibility index (Phi) is 10.8. The summed E-state index contributed by atoms with van der Waals surface area (Å²) in [6.45, 7) is 8.54. The van der Waals surface area contributed by atoms with Gasteiger partial charge in [-0.25, -0.2) is 0 Å². The molecule has 0 unspecified atom stereocenters. The minimum Gasteiger partial charge on any atom is -0.481 e. The largest absolute Gasteiger partial charge is 0.481 e. The third kappa shape index (κ3) is 11.8. The highest BCUT2D eigenvalue weighted by Crippen LogP contribution is 2.32. The maximum Gasteiger partial charge on any atom is 0.317 e. The zero-order valence-electron chi connectivity index (χ0n) is 15.5. The molecule has 0 aromatic carbocycles. The number of carboxylic acids is 4. The number of carbonyl (C=O) groups excluding carboxylic acids is 1. The molecule has 0 saturated carbocycles. The number of hydrogen-bond donors (Lipinski definition) is 4. The third-order valence-electron chi connectivity index (χ3n) is 3.30. The number of hydrogen-bond acceptors (Lipinski definition) is 5. The highest BCUT2D eigenvalue weighted by atomic mass is 16.4. The number of allylic oxidation sites excluding steroid dienone is 2. The Morgan fingerprint density at radius 1 is 0.846 bits per heavy atom. The van der Waals surface area contributed by atoms with Crippen LogP contribution in [0.4, 0.5) is 0 Å². The van der Waals surface area contributed by atoms with Crippen molar-refractivity contribution in [1.29, 1.82) is 0 Å². The predicted molar refractivity (Wildman–Crippen MR) is 90.7 cm³/mol. The molecule has 9 heteroatoms. The van der Waals surface area contributed by atoms with Crippen LogP contribution in [0.2, 0.25) is 0 Å². The van der Waals surface area contributed by atoms with Gasteiger partial charge in [0.05, 0.1) is 0 Å². The van der Waals surface area contributed by atoms with E-state index in [-0.39, 0.29) is 11.2 Å². The predicted octanol–water partition coefficient (Wildman–Crippen LogP) is 1.91. The quantitative estimate of drug-likeness (QED) is 0.537. The molecule has 148 valence electrons. The van der Waals surface area contributed by atoms with Crippen LogP contribution in [-0.4, -0.2) is 50.1 Å². The second kappa shape index (κ2) is 11.0. The summed E-state index contributed by atoms with van der Waals surface area (Å²) >= 11 is 0. The molecule has 0 bridgehead atoms. The van der Waals surface area contributed by atoms with Gasteiger partial charge in [0.2, 0.25) is 0 Å². The maximum absolute atomic E-state index is 11.0. The van der Waals surface area contributed by atoms with Crippen molar-refractivity contribution in [3.8, 4) is 0 Å². The van der Waals surface area contributed by atoms with E-state index in [1.165, 1.54) is 5.57 Å². The number of ketones is 1. The highest BCUT2D eigenvalue weighted by molar-refractivity contribution is 5.93. The Hall–Kier alpha value is -2.71. The average Bonchev–Trinajstić information content (AvgIpc) is 2.43. The molecule has 0 aromatic heterocycles. The van der Waals surface area contributed by atoms with Crippen molar-refractivity contribution in [3.05, 3.63) is 11.6 Å². The van der Waals surface area contributed by atoms with Crippen molar-refractivity contribution >= 4 is 29.7 Å². The summed E-state index contributed by atoms with van der Waals surface area (Å²) in [5.74, 6) is -7.54. The third-order valence-corrected chi connectivity index (χ3v) is 3.30. The van der Waals surface area contributed by atoms with Crippen molar-refractivity contribution in [3.63, 3.8) is 0 Å². The van der Waals surface area contributed by atoms with Gasteiger partial charge in [0.25, 0.3) is 0 Å². The van der Waals surface area contributed by atoms with E-state index in [1.807, 2.05) is 6.92 Å². The average molecular weight is 374 g/mol.